The van der Waals surface area contributed by atoms with Crippen LogP contribution in [0.5, 0.6) is 11.5 Å². The highest BCUT2D eigenvalue weighted by molar-refractivity contribution is 7.46. The van der Waals surface area contributed by atoms with Gasteiger partial charge in [0.2, 0.25) is 6.08 Å². The number of aliphatic imine (C=N–C) groups is 1. The van der Waals surface area contributed by atoms with Gasteiger partial charge in [-0.25, -0.2) is 19.3 Å². The molecule has 0 saturated carbocycles. The molecule has 0 amide bonds. The van der Waals surface area contributed by atoms with Gasteiger partial charge >= 0.3 is 7.82 Å². The number of phenols is 1. The van der Waals surface area contributed by atoms with E-state index in [9.17, 15) is 24.3 Å². The highest BCUT2D eigenvalue weighted by Crippen LogP contribution is 2.41. The van der Waals surface area contributed by atoms with Gasteiger partial charge in [0.1, 0.15) is 22.8 Å². The van der Waals surface area contributed by atoms with Crippen LogP contribution in [0, 0.1) is 0 Å². The number of rotatable bonds is 15. The van der Waals surface area contributed by atoms with E-state index in [-0.39, 0.29) is 23.9 Å². The molecule has 0 aliphatic carbocycles. The number of phenolic OH excluding ortho intramolecular Hbond substituents is 1. The van der Waals surface area contributed by atoms with E-state index in [4.69, 9.17) is 25.7 Å². The Labute approximate surface area is 261 Å². The Hall–Kier alpha value is -3.83. The lowest BCUT2D eigenvalue weighted by Gasteiger charge is -2.26. The first-order valence-corrected chi connectivity index (χ1v) is 16.3. The number of aromatic nitrogens is 3. The summed E-state index contributed by atoms with van der Waals surface area (Å²) in [7, 11) is -4.88. The first-order valence-electron chi connectivity index (χ1n) is 14.8. The zero-order valence-electron chi connectivity index (χ0n) is 26.0. The normalized spacial score (nSPS) is 13.6. The number of aryl methyl sites for hydroxylation is 1. The van der Waals surface area contributed by atoms with Gasteiger partial charge in [-0.15, -0.1) is 0 Å². The zero-order chi connectivity index (χ0) is 33.0. The highest BCUT2D eigenvalue weighted by atomic mass is 31.2. The highest BCUT2D eigenvalue weighted by Gasteiger charge is 2.25. The maximum atomic E-state index is 11.7. The van der Waals surface area contributed by atoms with Crippen molar-refractivity contribution in [2.45, 2.75) is 77.4 Å². The topological polar surface area (TPSA) is 208 Å². The molecule has 0 fully saturated rings. The van der Waals surface area contributed by atoms with E-state index < -0.39 is 18.9 Å². The van der Waals surface area contributed by atoms with E-state index in [0.717, 1.165) is 23.8 Å². The molecule has 4 rings (SSSR count). The zero-order valence-corrected chi connectivity index (χ0v) is 26.9. The number of hydrogen-bond donors (Lipinski definition) is 5. The summed E-state index contributed by atoms with van der Waals surface area (Å²) in [6, 6.07) is 9.74. The molecular weight excluding hydrogens is 599 g/mol. The average Bonchev–Trinajstić information content (AvgIpc) is 3.31. The smallest absolute Gasteiger partial charge is 0.508 e. The van der Waals surface area contributed by atoms with Crippen molar-refractivity contribution >= 4 is 41.7 Å². The number of ether oxygens (including phenoxy) is 1. The van der Waals surface area contributed by atoms with Crippen molar-refractivity contribution in [3.05, 3.63) is 53.3 Å². The molecule has 0 radical (unpaired) electrons. The average molecular weight is 641 g/mol. The molecule has 0 bridgehead atoms. The third kappa shape index (κ3) is 8.46. The fraction of sp³-hybridized carbons (Fsp3) is 0.452. The number of imidazole rings is 1. The Kier molecular flexibility index (Phi) is 10.3. The van der Waals surface area contributed by atoms with Crippen LogP contribution in [0.2, 0.25) is 0 Å². The number of carbonyl (C=O) groups excluding carboxylic acids is 1. The van der Waals surface area contributed by atoms with E-state index in [0.29, 0.717) is 60.4 Å². The molecule has 0 spiro atoms. The number of hydrogen-bond acceptors (Lipinski definition) is 10. The summed E-state index contributed by atoms with van der Waals surface area (Å²) >= 11 is 0. The summed E-state index contributed by atoms with van der Waals surface area (Å²) in [6.07, 6.45) is 5.04. The predicted octanol–water partition coefficient (Wildman–Crippen LogP) is 4.82. The van der Waals surface area contributed by atoms with Crippen LogP contribution < -0.4 is 16.0 Å². The Morgan fingerprint density at radius 1 is 1.09 bits per heavy atom. The molecule has 45 heavy (non-hydrogen) atoms. The molecule has 2 heterocycles. The number of nitrogens with zero attached hydrogens (tertiary/aromatic N) is 4. The number of phosphoric acid groups is 1. The Morgan fingerprint density at radius 2 is 1.82 bits per heavy atom. The quantitative estimate of drug-likeness (QED) is 0.0515. The molecule has 0 aliphatic rings. The maximum absolute atomic E-state index is 11.7. The molecule has 0 saturated heterocycles. The van der Waals surface area contributed by atoms with Crippen LogP contribution in [0.15, 0.2) is 41.4 Å². The molecular formula is C31H41N6O7P. The minimum absolute atomic E-state index is 0.0627. The third-order valence-electron chi connectivity index (χ3n) is 7.76. The summed E-state index contributed by atoms with van der Waals surface area (Å²) < 4.78 is 24.4. The lowest BCUT2D eigenvalue weighted by atomic mass is 9.89. The number of fused-ring (bicyclic) bond motifs is 3. The van der Waals surface area contributed by atoms with Crippen molar-refractivity contribution in [3.8, 4) is 11.5 Å². The molecule has 242 valence electrons. The van der Waals surface area contributed by atoms with Crippen LogP contribution in [-0.2, 0) is 32.6 Å². The predicted molar refractivity (Wildman–Crippen MR) is 172 cm³/mol. The number of nitrogen functional groups attached to an aromatic ring is 1. The monoisotopic (exact) mass is 640 g/mol. The van der Waals surface area contributed by atoms with Crippen LogP contribution >= 0.6 is 7.82 Å². The summed E-state index contributed by atoms with van der Waals surface area (Å²) in [5.74, 6) is 0.800. The number of pyridine rings is 1. The van der Waals surface area contributed by atoms with Crippen LogP contribution in [-0.4, -0.2) is 54.3 Å². The molecule has 4 aromatic rings. The van der Waals surface area contributed by atoms with Crippen molar-refractivity contribution in [1.29, 1.82) is 0 Å². The lowest BCUT2D eigenvalue weighted by Crippen LogP contribution is -2.34. The van der Waals surface area contributed by atoms with Crippen molar-refractivity contribution in [3.63, 3.8) is 0 Å². The van der Waals surface area contributed by atoms with Crippen molar-refractivity contribution in [2.24, 2.45) is 10.7 Å². The molecule has 7 N–H and O–H groups in total. The van der Waals surface area contributed by atoms with Gasteiger partial charge in [-0.05, 0) is 75.9 Å². The first kappa shape index (κ1) is 34.1. The molecule has 2 aromatic carbocycles. The molecule has 1 atom stereocenters. The number of aromatic hydroxyl groups is 1. The van der Waals surface area contributed by atoms with Gasteiger partial charge in [0.05, 0.1) is 23.1 Å². The maximum Gasteiger partial charge on any atom is 0.524 e. The van der Waals surface area contributed by atoms with Gasteiger partial charge in [-0.1, -0.05) is 19.4 Å². The van der Waals surface area contributed by atoms with E-state index in [1.807, 2.05) is 43.5 Å². The number of nitrogens with two attached hydrogens (primary N) is 2. The number of phosphoric ester groups is 1. The minimum Gasteiger partial charge on any atom is -0.508 e. The molecule has 13 nitrogen and oxygen atoms in total. The third-order valence-corrected chi connectivity index (χ3v) is 8.19. The van der Waals surface area contributed by atoms with Crippen LogP contribution in [0.1, 0.15) is 70.3 Å². The van der Waals surface area contributed by atoms with E-state index >= 15 is 0 Å². The van der Waals surface area contributed by atoms with Gasteiger partial charge in [0, 0.05) is 36.1 Å². The number of benzene rings is 2. The number of unbranched alkanes of at least 4 members (excludes halogenated alkanes) is 1. The first-order chi connectivity index (χ1) is 21.1. The van der Waals surface area contributed by atoms with E-state index in [2.05, 4.69) is 16.9 Å². The fourth-order valence-corrected chi connectivity index (χ4v) is 5.55. The van der Waals surface area contributed by atoms with Gasteiger partial charge < -0.3 is 30.4 Å². The largest absolute Gasteiger partial charge is 0.524 e. The van der Waals surface area contributed by atoms with Crippen molar-refractivity contribution in [2.75, 3.05) is 18.9 Å². The standard InChI is InChI=1S/C31H41N6O7P/c1-5-6-7-26-36-27-28(37(26)18-20-16-22(39)9-11-25(20)44-45(40,41)42)23-17-21(8-10-24(23)35-29(27)32)31(4,33)13-15-43-14-12-30(2,3)34-19-38/h8-11,16-17,39H,5-7,12-15,18,33H2,1-4H3,(H2,32,35)(H2,40,41,42). The SMILES string of the molecule is CCCCc1nc2c(N)nc3ccc(C(C)(N)CCOCCC(C)(C)N=C=O)cc3c2n1Cc1cc(O)ccc1OP(=O)(O)O. The van der Waals surface area contributed by atoms with Gasteiger partial charge in [0.25, 0.3) is 0 Å². The summed E-state index contributed by atoms with van der Waals surface area (Å²) in [6.45, 7) is 8.56. The van der Waals surface area contributed by atoms with Crippen molar-refractivity contribution in [1.82, 2.24) is 14.5 Å². The van der Waals surface area contributed by atoms with Crippen molar-refractivity contribution < 1.29 is 33.5 Å². The lowest BCUT2D eigenvalue weighted by molar-refractivity contribution is 0.104. The number of anilines is 1. The summed E-state index contributed by atoms with van der Waals surface area (Å²) in [5, 5.41) is 11.0. The van der Waals surface area contributed by atoms with Crippen LogP contribution in [0.4, 0.5) is 5.82 Å². The van der Waals surface area contributed by atoms with Gasteiger partial charge in [0.15, 0.2) is 5.82 Å². The minimum atomic E-state index is -4.88. The van der Waals surface area contributed by atoms with Crippen LogP contribution in [0.25, 0.3) is 21.9 Å². The van der Waals surface area contributed by atoms with Gasteiger partial charge in [-0.2, -0.15) is 4.99 Å². The number of isocyanates is 1. The second-order valence-electron chi connectivity index (χ2n) is 12.1. The van der Waals surface area contributed by atoms with Crippen LogP contribution in [0.3, 0.4) is 0 Å². The van der Waals surface area contributed by atoms with E-state index in [1.54, 1.807) is 6.08 Å². The summed E-state index contributed by atoms with van der Waals surface area (Å²) in [5.41, 5.74) is 14.9. The molecule has 1 unspecified atom stereocenters. The second-order valence-corrected chi connectivity index (χ2v) is 13.2. The molecule has 14 heteroatoms. The second kappa shape index (κ2) is 13.7. The fourth-order valence-electron chi connectivity index (χ4n) is 5.12. The Morgan fingerprint density at radius 3 is 2.51 bits per heavy atom. The van der Waals surface area contributed by atoms with Gasteiger partial charge in [-0.3, -0.25) is 9.79 Å². The Bertz CT molecular complexity index is 1780. The van der Waals surface area contributed by atoms with E-state index in [1.165, 1.54) is 18.2 Å². The molecule has 2 aromatic heterocycles. The Balaban J connectivity index is 1.76. The summed E-state index contributed by atoms with van der Waals surface area (Å²) in [4.78, 5) is 42.9. The molecule has 0 aliphatic heterocycles.